The maximum Gasteiger partial charge on any atom is 0.194 e. The summed E-state index contributed by atoms with van der Waals surface area (Å²) in [5.41, 5.74) is 3.94. The van der Waals surface area contributed by atoms with Crippen LogP contribution < -0.4 is 5.32 Å². The van der Waals surface area contributed by atoms with Crippen LogP contribution in [0.4, 0.5) is 0 Å². The first-order chi connectivity index (χ1) is 13.1. The summed E-state index contributed by atoms with van der Waals surface area (Å²) >= 11 is 0. The van der Waals surface area contributed by atoms with Crippen LogP contribution in [0.15, 0.2) is 82.9 Å². The number of benzene rings is 1. The van der Waals surface area contributed by atoms with Gasteiger partial charge in [0.1, 0.15) is 0 Å². The molecule has 0 spiro atoms. The van der Waals surface area contributed by atoms with Crippen molar-refractivity contribution in [1.82, 2.24) is 10.2 Å². The molecule has 0 fully saturated rings. The fourth-order valence-corrected chi connectivity index (χ4v) is 3.45. The molecule has 1 aliphatic rings. The second-order valence-corrected chi connectivity index (χ2v) is 6.96. The van der Waals surface area contributed by atoms with Crippen LogP contribution in [0.1, 0.15) is 33.3 Å². The standard InChI is InChI=1S/C24H33N3/c1-6-9-14-19(4)23-22(21(8-3)13-7-2)17-25-24(26-23)27(5)18-20-15-11-10-12-16-20/h6-16,22-23H,17-18H2,1-5H3,(H,25,26)/b9-6-,13-7-,19-14+,21-8+/t22-,23+/m0/s1. The molecular formula is C24H33N3. The number of guanidine groups is 1. The molecular weight excluding hydrogens is 330 g/mol. The molecule has 3 nitrogen and oxygen atoms in total. The van der Waals surface area contributed by atoms with Crippen molar-refractivity contribution in [3.8, 4) is 0 Å². The number of aliphatic imine (C=N–C) groups is 1. The topological polar surface area (TPSA) is 27.6 Å². The highest BCUT2D eigenvalue weighted by Gasteiger charge is 2.30. The lowest BCUT2D eigenvalue weighted by Crippen LogP contribution is -2.52. The Kier molecular flexibility index (Phi) is 8.12. The van der Waals surface area contributed by atoms with Crippen LogP contribution in [0.2, 0.25) is 0 Å². The minimum atomic E-state index is 0.231. The van der Waals surface area contributed by atoms with E-state index in [1.165, 1.54) is 16.7 Å². The molecule has 0 saturated carbocycles. The van der Waals surface area contributed by atoms with Crippen LogP contribution in [0.25, 0.3) is 0 Å². The normalized spacial score (nSPS) is 21.4. The molecule has 1 aliphatic heterocycles. The van der Waals surface area contributed by atoms with E-state index >= 15 is 0 Å². The molecule has 0 radical (unpaired) electrons. The van der Waals surface area contributed by atoms with Crippen molar-refractivity contribution >= 4 is 5.96 Å². The van der Waals surface area contributed by atoms with Gasteiger partial charge in [0.15, 0.2) is 5.96 Å². The molecule has 144 valence electrons. The molecule has 0 unspecified atom stereocenters. The van der Waals surface area contributed by atoms with Gasteiger partial charge in [-0.1, -0.05) is 72.4 Å². The van der Waals surface area contributed by atoms with Crippen LogP contribution in [0.3, 0.4) is 0 Å². The number of nitrogens with zero attached hydrogens (tertiary/aromatic N) is 2. The molecule has 0 saturated heterocycles. The van der Waals surface area contributed by atoms with Gasteiger partial charge in [0.25, 0.3) is 0 Å². The van der Waals surface area contributed by atoms with Crippen molar-refractivity contribution in [3.05, 3.63) is 83.5 Å². The van der Waals surface area contributed by atoms with Crippen LogP contribution >= 0.6 is 0 Å². The van der Waals surface area contributed by atoms with E-state index in [0.717, 1.165) is 19.0 Å². The summed E-state index contributed by atoms with van der Waals surface area (Å²) in [5.74, 6) is 1.30. The second kappa shape index (κ2) is 10.6. The summed E-state index contributed by atoms with van der Waals surface area (Å²) in [5, 5.41) is 3.70. The van der Waals surface area contributed by atoms with Crippen LogP contribution in [-0.2, 0) is 6.54 Å². The highest BCUT2D eigenvalue weighted by molar-refractivity contribution is 5.81. The Bertz CT molecular complexity index is 738. The largest absolute Gasteiger partial charge is 0.349 e. The highest BCUT2D eigenvalue weighted by atomic mass is 15.3. The molecule has 1 aromatic carbocycles. The minimum absolute atomic E-state index is 0.231. The SMILES string of the molecule is C/C=C\C=C(/C)[C@H]1NC(N(C)Cc2ccccc2)=NC[C@H]1C(/C=C\C)=C/C. The Hall–Kier alpha value is -2.55. The molecule has 1 aromatic rings. The molecule has 1 heterocycles. The molecule has 3 heteroatoms. The monoisotopic (exact) mass is 363 g/mol. The first-order valence-electron chi connectivity index (χ1n) is 9.75. The predicted molar refractivity (Wildman–Crippen MR) is 118 cm³/mol. The lowest BCUT2D eigenvalue weighted by atomic mass is 9.85. The Morgan fingerprint density at radius 3 is 2.56 bits per heavy atom. The maximum absolute atomic E-state index is 4.88. The van der Waals surface area contributed by atoms with E-state index in [9.17, 15) is 0 Å². The highest BCUT2D eigenvalue weighted by Crippen LogP contribution is 2.26. The smallest absolute Gasteiger partial charge is 0.194 e. The molecule has 0 aromatic heterocycles. The van der Waals surface area contributed by atoms with Crippen LogP contribution in [-0.4, -0.2) is 30.5 Å². The Balaban J connectivity index is 2.26. The van der Waals surface area contributed by atoms with E-state index < -0.39 is 0 Å². The molecule has 27 heavy (non-hydrogen) atoms. The molecule has 1 N–H and O–H groups in total. The van der Waals surface area contributed by atoms with E-state index in [-0.39, 0.29) is 6.04 Å². The van der Waals surface area contributed by atoms with Gasteiger partial charge in [0, 0.05) is 19.5 Å². The lowest BCUT2D eigenvalue weighted by molar-refractivity contribution is 0.410. The zero-order valence-electron chi connectivity index (χ0n) is 17.3. The fourth-order valence-electron chi connectivity index (χ4n) is 3.45. The number of hydrogen-bond donors (Lipinski definition) is 1. The molecule has 2 atom stereocenters. The summed E-state index contributed by atoms with van der Waals surface area (Å²) in [6.45, 7) is 10.1. The quantitative estimate of drug-likeness (QED) is 0.712. The van der Waals surface area contributed by atoms with E-state index in [0.29, 0.717) is 5.92 Å². The van der Waals surface area contributed by atoms with Crippen molar-refractivity contribution in [1.29, 1.82) is 0 Å². The Morgan fingerprint density at radius 1 is 1.19 bits per heavy atom. The number of nitrogens with one attached hydrogen (secondary N) is 1. The van der Waals surface area contributed by atoms with Gasteiger partial charge < -0.3 is 10.2 Å². The van der Waals surface area contributed by atoms with Gasteiger partial charge in [-0.25, -0.2) is 0 Å². The van der Waals surface area contributed by atoms with Gasteiger partial charge in [0.2, 0.25) is 0 Å². The molecule has 0 bridgehead atoms. The van der Waals surface area contributed by atoms with Crippen molar-refractivity contribution in [2.45, 2.75) is 40.3 Å². The number of allylic oxidation sites excluding steroid dienone is 6. The van der Waals surface area contributed by atoms with E-state index in [1.54, 1.807) is 0 Å². The van der Waals surface area contributed by atoms with Crippen molar-refractivity contribution in [2.75, 3.05) is 13.6 Å². The van der Waals surface area contributed by atoms with Crippen molar-refractivity contribution in [2.24, 2.45) is 10.9 Å². The lowest BCUT2D eigenvalue weighted by Gasteiger charge is -2.37. The summed E-state index contributed by atoms with van der Waals surface area (Å²) in [7, 11) is 2.10. The molecule has 0 aliphatic carbocycles. The van der Waals surface area contributed by atoms with Gasteiger partial charge in [-0.3, -0.25) is 4.99 Å². The number of rotatable bonds is 6. The summed E-state index contributed by atoms with van der Waals surface area (Å²) in [6, 6.07) is 10.8. The molecule has 0 amide bonds. The fraction of sp³-hybridized carbons (Fsp3) is 0.375. The Morgan fingerprint density at radius 2 is 1.93 bits per heavy atom. The first kappa shape index (κ1) is 20.8. The maximum atomic E-state index is 4.88. The van der Waals surface area contributed by atoms with Crippen LogP contribution in [0.5, 0.6) is 0 Å². The Labute approximate surface area is 164 Å². The number of hydrogen-bond acceptors (Lipinski definition) is 3. The van der Waals surface area contributed by atoms with E-state index in [1.807, 2.05) is 6.92 Å². The minimum Gasteiger partial charge on any atom is -0.349 e. The third-order valence-corrected chi connectivity index (χ3v) is 4.91. The van der Waals surface area contributed by atoms with Gasteiger partial charge in [-0.05, 0) is 38.8 Å². The average Bonchev–Trinajstić information content (AvgIpc) is 2.70. The first-order valence-corrected chi connectivity index (χ1v) is 9.75. The summed E-state index contributed by atoms with van der Waals surface area (Å²) in [6.07, 6.45) is 12.9. The zero-order valence-corrected chi connectivity index (χ0v) is 17.3. The van der Waals surface area contributed by atoms with Crippen molar-refractivity contribution < 1.29 is 0 Å². The van der Waals surface area contributed by atoms with Gasteiger partial charge in [-0.2, -0.15) is 0 Å². The van der Waals surface area contributed by atoms with Crippen LogP contribution in [0, 0.1) is 5.92 Å². The average molecular weight is 364 g/mol. The predicted octanol–water partition coefficient (Wildman–Crippen LogP) is 5.11. The van der Waals surface area contributed by atoms with E-state index in [2.05, 4.69) is 105 Å². The van der Waals surface area contributed by atoms with E-state index in [4.69, 9.17) is 4.99 Å². The summed E-state index contributed by atoms with van der Waals surface area (Å²) < 4.78 is 0. The van der Waals surface area contributed by atoms with Gasteiger partial charge in [-0.15, -0.1) is 0 Å². The third-order valence-electron chi connectivity index (χ3n) is 4.91. The second-order valence-electron chi connectivity index (χ2n) is 6.96. The van der Waals surface area contributed by atoms with Gasteiger partial charge >= 0.3 is 0 Å². The third kappa shape index (κ3) is 5.72. The van der Waals surface area contributed by atoms with Crippen molar-refractivity contribution in [3.63, 3.8) is 0 Å². The molecule has 2 rings (SSSR count). The summed E-state index contributed by atoms with van der Waals surface area (Å²) in [4.78, 5) is 7.08. The zero-order chi connectivity index (χ0) is 19.6. The van der Waals surface area contributed by atoms with Gasteiger partial charge in [0.05, 0.1) is 12.6 Å².